The number of hydrogen-bond donors (Lipinski definition) is 0. The summed E-state index contributed by atoms with van der Waals surface area (Å²) in [5.41, 5.74) is -1.23. The van der Waals surface area contributed by atoms with Crippen LogP contribution in [0.4, 0.5) is 26.3 Å². The Morgan fingerprint density at radius 1 is 0.816 bits per heavy atom. The zero-order chi connectivity index (χ0) is 27.1. The molecule has 3 aromatic rings. The van der Waals surface area contributed by atoms with E-state index >= 15 is 0 Å². The van der Waals surface area contributed by atoms with E-state index in [-0.39, 0.29) is 42.7 Å². The van der Waals surface area contributed by atoms with Crippen molar-refractivity contribution in [1.29, 1.82) is 0 Å². The van der Waals surface area contributed by atoms with Gasteiger partial charge in [0.15, 0.2) is 34.8 Å². The van der Waals surface area contributed by atoms with Gasteiger partial charge in [-0.2, -0.15) is 4.39 Å². The van der Waals surface area contributed by atoms with Crippen LogP contribution < -0.4 is 4.74 Å². The number of ether oxygens (including phenoxy) is 3. The first kappa shape index (κ1) is 25.8. The van der Waals surface area contributed by atoms with E-state index in [1.165, 1.54) is 25.3 Å². The lowest BCUT2D eigenvalue weighted by Gasteiger charge is -2.23. The van der Waals surface area contributed by atoms with Crippen LogP contribution >= 0.6 is 0 Å². The number of allylic oxidation sites excluding steroid dienone is 1. The van der Waals surface area contributed by atoms with Gasteiger partial charge in [0.25, 0.3) is 0 Å². The van der Waals surface area contributed by atoms with Gasteiger partial charge in [0, 0.05) is 28.7 Å². The highest BCUT2D eigenvalue weighted by Crippen LogP contribution is 2.37. The molecule has 0 saturated carbocycles. The second-order valence-corrected chi connectivity index (χ2v) is 8.92. The molecule has 0 bridgehead atoms. The average molecular weight is 534 g/mol. The summed E-state index contributed by atoms with van der Waals surface area (Å²) in [6, 6.07) is 6.95. The molecule has 1 fully saturated rings. The van der Waals surface area contributed by atoms with Crippen molar-refractivity contribution in [2.45, 2.75) is 31.5 Å². The Kier molecular flexibility index (Phi) is 6.92. The number of rotatable bonds is 6. The summed E-state index contributed by atoms with van der Waals surface area (Å²) in [7, 11) is 1.22. The van der Waals surface area contributed by atoms with Gasteiger partial charge in [-0.05, 0) is 36.6 Å². The minimum Gasteiger partial charge on any atom is -0.494 e. The first-order valence-electron chi connectivity index (χ1n) is 11.7. The fourth-order valence-electron chi connectivity index (χ4n) is 4.48. The molecule has 5 rings (SSSR count). The van der Waals surface area contributed by atoms with Gasteiger partial charge in [-0.15, -0.1) is 0 Å². The van der Waals surface area contributed by atoms with Crippen LogP contribution in [0.3, 0.4) is 0 Å². The Hall–Kier alpha value is -3.79. The number of esters is 1. The van der Waals surface area contributed by atoms with Crippen LogP contribution in [0, 0.1) is 34.9 Å². The van der Waals surface area contributed by atoms with Crippen LogP contribution in [0.15, 0.2) is 42.5 Å². The molecule has 0 radical (unpaired) electrons. The summed E-state index contributed by atoms with van der Waals surface area (Å²) in [5.74, 6) is -9.22. The molecule has 1 saturated heterocycles. The number of carbonyl (C=O) groups is 1. The van der Waals surface area contributed by atoms with Crippen molar-refractivity contribution < 1.29 is 45.3 Å². The number of benzene rings is 3. The minimum absolute atomic E-state index is 0.0168. The number of methoxy groups -OCH3 is 1. The lowest BCUT2D eigenvalue weighted by molar-refractivity contribution is 0.0279. The van der Waals surface area contributed by atoms with Crippen molar-refractivity contribution in [3.8, 4) is 16.9 Å². The Morgan fingerprint density at radius 2 is 1.45 bits per heavy atom. The van der Waals surface area contributed by atoms with E-state index in [9.17, 15) is 31.1 Å². The van der Waals surface area contributed by atoms with Crippen LogP contribution in [0.1, 0.15) is 46.9 Å². The van der Waals surface area contributed by atoms with Crippen molar-refractivity contribution in [2.24, 2.45) is 0 Å². The molecular weight excluding hydrogens is 514 g/mol. The Morgan fingerprint density at radius 3 is 2.08 bits per heavy atom. The normalized spacial score (nSPS) is 18.7. The van der Waals surface area contributed by atoms with Gasteiger partial charge in [-0.25, -0.2) is 26.7 Å². The summed E-state index contributed by atoms with van der Waals surface area (Å²) in [6.45, 7) is 0.241. The molecule has 1 aliphatic carbocycles. The van der Waals surface area contributed by atoms with Crippen molar-refractivity contribution in [3.05, 3.63) is 94.1 Å². The monoisotopic (exact) mass is 534 g/mol. The zero-order valence-electron chi connectivity index (χ0n) is 19.9. The van der Waals surface area contributed by atoms with Gasteiger partial charge < -0.3 is 14.2 Å². The highest BCUT2D eigenvalue weighted by Gasteiger charge is 2.31. The SMILES string of the molecule is COc1ccc(C2=CCC(OC(=O)c3ccc(-c4ccc(C5CO5)c(F)c4F)c(F)c3F)CC2)c(F)c1F. The summed E-state index contributed by atoms with van der Waals surface area (Å²) >= 11 is 0. The van der Waals surface area contributed by atoms with E-state index in [1.807, 2.05) is 0 Å². The predicted molar refractivity (Wildman–Crippen MR) is 124 cm³/mol. The molecule has 198 valence electrons. The fourth-order valence-corrected chi connectivity index (χ4v) is 4.48. The lowest BCUT2D eigenvalue weighted by atomic mass is 9.91. The maximum Gasteiger partial charge on any atom is 0.341 e. The van der Waals surface area contributed by atoms with Crippen LogP contribution in [-0.2, 0) is 9.47 Å². The Bertz CT molecular complexity index is 1460. The van der Waals surface area contributed by atoms with Gasteiger partial charge in [-0.3, -0.25) is 0 Å². The van der Waals surface area contributed by atoms with E-state index in [4.69, 9.17) is 14.2 Å². The van der Waals surface area contributed by atoms with Crippen LogP contribution in [0.5, 0.6) is 5.75 Å². The standard InChI is InChI=1S/C28H20F6O4/c1-36-20-11-10-15(22(29)27(20)34)13-2-4-14(5-3-13)38-28(35)19-9-7-17(24(31)26(19)33)16-6-8-18(21-12-37-21)25(32)23(16)30/h2,6-11,14,21H,3-5,12H2,1H3. The number of epoxide rings is 1. The molecule has 10 heteroatoms. The molecule has 1 aliphatic heterocycles. The number of halogens is 6. The van der Waals surface area contributed by atoms with Crippen LogP contribution in [0.25, 0.3) is 16.7 Å². The average Bonchev–Trinajstić information content (AvgIpc) is 3.75. The molecule has 4 nitrogen and oxygen atoms in total. The summed E-state index contributed by atoms with van der Waals surface area (Å²) in [5, 5.41) is 0. The van der Waals surface area contributed by atoms with E-state index in [1.54, 1.807) is 6.08 Å². The predicted octanol–water partition coefficient (Wildman–Crippen LogP) is 7.06. The van der Waals surface area contributed by atoms with E-state index in [0.29, 0.717) is 5.57 Å². The van der Waals surface area contributed by atoms with Crippen LogP contribution in [-0.4, -0.2) is 25.8 Å². The van der Waals surface area contributed by atoms with Crippen molar-refractivity contribution in [2.75, 3.05) is 13.7 Å². The summed E-state index contributed by atoms with van der Waals surface area (Å²) in [4.78, 5) is 12.6. The van der Waals surface area contributed by atoms with E-state index in [0.717, 1.165) is 18.2 Å². The number of carbonyl (C=O) groups excluding carboxylic acids is 1. The first-order chi connectivity index (χ1) is 18.2. The van der Waals surface area contributed by atoms with Crippen molar-refractivity contribution in [3.63, 3.8) is 0 Å². The zero-order valence-corrected chi connectivity index (χ0v) is 19.9. The number of hydrogen-bond acceptors (Lipinski definition) is 4. The van der Waals surface area contributed by atoms with Crippen molar-refractivity contribution >= 4 is 11.5 Å². The molecule has 0 spiro atoms. The third-order valence-electron chi connectivity index (χ3n) is 6.63. The highest BCUT2D eigenvalue weighted by molar-refractivity contribution is 5.90. The maximum atomic E-state index is 14.9. The molecule has 1 heterocycles. The molecule has 0 N–H and O–H groups in total. The summed E-state index contributed by atoms with van der Waals surface area (Å²) < 4.78 is 102. The van der Waals surface area contributed by atoms with Gasteiger partial charge in [0.2, 0.25) is 5.82 Å². The Balaban J connectivity index is 1.31. The van der Waals surface area contributed by atoms with Gasteiger partial charge in [-0.1, -0.05) is 24.3 Å². The third kappa shape index (κ3) is 4.64. The second kappa shape index (κ2) is 10.2. The molecule has 0 aromatic heterocycles. The second-order valence-electron chi connectivity index (χ2n) is 8.92. The van der Waals surface area contributed by atoms with E-state index < -0.39 is 69.8 Å². The molecule has 2 aliphatic rings. The molecule has 38 heavy (non-hydrogen) atoms. The smallest absolute Gasteiger partial charge is 0.341 e. The first-order valence-corrected chi connectivity index (χ1v) is 11.7. The van der Waals surface area contributed by atoms with Crippen molar-refractivity contribution in [1.82, 2.24) is 0 Å². The lowest BCUT2D eigenvalue weighted by Crippen LogP contribution is -2.21. The Labute approximate surface area is 213 Å². The van der Waals surface area contributed by atoms with Gasteiger partial charge in [0.1, 0.15) is 12.2 Å². The molecule has 0 amide bonds. The summed E-state index contributed by atoms with van der Waals surface area (Å²) in [6.07, 6.45) is 0.900. The highest BCUT2D eigenvalue weighted by atomic mass is 19.2. The third-order valence-corrected chi connectivity index (χ3v) is 6.63. The topological polar surface area (TPSA) is 48.1 Å². The fraction of sp³-hybridized carbons (Fsp3) is 0.250. The maximum absolute atomic E-state index is 14.9. The molecular formula is C28H20F6O4. The minimum atomic E-state index is -1.57. The largest absolute Gasteiger partial charge is 0.494 e. The van der Waals surface area contributed by atoms with Crippen LogP contribution in [0.2, 0.25) is 0 Å². The molecule has 3 aromatic carbocycles. The van der Waals surface area contributed by atoms with Gasteiger partial charge >= 0.3 is 5.97 Å². The molecule has 2 atom stereocenters. The van der Waals surface area contributed by atoms with E-state index in [2.05, 4.69) is 0 Å². The quantitative estimate of drug-likeness (QED) is 0.193. The van der Waals surface area contributed by atoms with Gasteiger partial charge in [0.05, 0.1) is 19.3 Å². The molecule has 2 unspecified atom stereocenters.